The topological polar surface area (TPSA) is 80.6 Å². The molecule has 1 unspecified atom stereocenters. The molecule has 1 atom stereocenters. The van der Waals surface area contributed by atoms with Crippen molar-refractivity contribution >= 4 is 10.0 Å². The Morgan fingerprint density at radius 3 is 2.71 bits per heavy atom. The highest BCUT2D eigenvalue weighted by atomic mass is 32.2. The van der Waals surface area contributed by atoms with Crippen LogP contribution in [0.1, 0.15) is 11.8 Å². The highest BCUT2D eigenvalue weighted by Crippen LogP contribution is 2.18. The molecule has 2 aromatic rings. The zero-order chi connectivity index (χ0) is 15.5. The molecule has 0 saturated heterocycles. The van der Waals surface area contributed by atoms with Crippen LogP contribution in [0, 0.1) is 0 Å². The lowest BCUT2D eigenvalue weighted by Crippen LogP contribution is -2.29. The predicted octanol–water partition coefficient (Wildman–Crippen LogP) is 1.05. The minimum Gasteiger partial charge on any atom is -0.497 e. The number of nitrogens with one attached hydrogen (secondary N) is 1. The van der Waals surface area contributed by atoms with Gasteiger partial charge in [-0.3, -0.25) is 0 Å². The molecule has 0 aliphatic carbocycles. The van der Waals surface area contributed by atoms with Crippen LogP contribution in [0.4, 0.5) is 0 Å². The fourth-order valence-corrected chi connectivity index (χ4v) is 3.04. The highest BCUT2D eigenvalue weighted by molar-refractivity contribution is 7.89. The molecule has 0 spiro atoms. The summed E-state index contributed by atoms with van der Waals surface area (Å²) in [7, 11) is -0.434. The number of nitrogens with zero attached hydrogens (tertiary/aromatic N) is 1. The molecule has 1 aromatic heterocycles. The summed E-state index contributed by atoms with van der Waals surface area (Å²) >= 11 is 0. The van der Waals surface area contributed by atoms with Gasteiger partial charge in [-0.15, -0.1) is 0 Å². The third-order valence-electron chi connectivity index (χ3n) is 3.14. The Morgan fingerprint density at radius 1 is 1.33 bits per heavy atom. The quantitative estimate of drug-likeness (QED) is 0.835. The first-order valence-corrected chi connectivity index (χ1v) is 7.85. The van der Waals surface area contributed by atoms with Gasteiger partial charge in [0, 0.05) is 31.5 Å². The Balaban J connectivity index is 2.09. The molecule has 2 rings (SSSR count). The van der Waals surface area contributed by atoms with Crippen molar-refractivity contribution in [2.45, 2.75) is 11.0 Å². The van der Waals surface area contributed by atoms with Crippen molar-refractivity contribution in [1.82, 2.24) is 9.29 Å². The lowest BCUT2D eigenvalue weighted by molar-refractivity contribution is 0.173. The molecule has 1 aromatic carbocycles. The van der Waals surface area contributed by atoms with Gasteiger partial charge in [0.25, 0.3) is 0 Å². The normalized spacial score (nSPS) is 13.1. The van der Waals surface area contributed by atoms with E-state index in [2.05, 4.69) is 4.72 Å². The Morgan fingerprint density at radius 2 is 2.10 bits per heavy atom. The van der Waals surface area contributed by atoms with E-state index >= 15 is 0 Å². The van der Waals surface area contributed by atoms with E-state index in [1.54, 1.807) is 42.1 Å². The fourth-order valence-electron chi connectivity index (χ4n) is 1.97. The summed E-state index contributed by atoms with van der Waals surface area (Å²) in [4.78, 5) is 0.0981. The Bertz CT molecular complexity index is 709. The number of hydrogen-bond donors (Lipinski definition) is 2. The zero-order valence-electron chi connectivity index (χ0n) is 11.9. The molecule has 114 valence electrons. The fraction of sp³-hybridized carbons (Fsp3) is 0.286. The molecular formula is C14H18N2O4S. The molecule has 0 aliphatic heterocycles. The van der Waals surface area contributed by atoms with Crippen LogP contribution in [-0.4, -0.2) is 31.7 Å². The van der Waals surface area contributed by atoms with Gasteiger partial charge < -0.3 is 14.4 Å². The molecule has 0 saturated carbocycles. The number of benzene rings is 1. The number of sulfonamides is 1. The SMILES string of the molecule is COc1cccc(S(=O)(=O)NCC(O)c2cccn2C)c1. The number of methoxy groups -OCH3 is 1. The van der Waals surface area contributed by atoms with E-state index in [1.807, 2.05) is 0 Å². The first-order valence-electron chi connectivity index (χ1n) is 6.37. The molecule has 0 radical (unpaired) electrons. The second-order valence-corrected chi connectivity index (χ2v) is 6.36. The first-order chi connectivity index (χ1) is 9.94. The average Bonchev–Trinajstić information content (AvgIpc) is 2.91. The zero-order valence-corrected chi connectivity index (χ0v) is 12.7. The lowest BCUT2D eigenvalue weighted by Gasteiger charge is -2.13. The molecule has 7 heteroatoms. The Kier molecular flexibility index (Phi) is 4.66. The number of aryl methyl sites for hydroxylation is 1. The van der Waals surface area contributed by atoms with Crippen LogP contribution in [0.25, 0.3) is 0 Å². The summed E-state index contributed by atoms with van der Waals surface area (Å²) < 4.78 is 33.5. The predicted molar refractivity (Wildman–Crippen MR) is 78.6 cm³/mol. The molecule has 0 aliphatic rings. The van der Waals surface area contributed by atoms with Crippen molar-refractivity contribution in [2.75, 3.05) is 13.7 Å². The number of hydrogen-bond acceptors (Lipinski definition) is 4. The Labute approximate surface area is 124 Å². The van der Waals surface area contributed by atoms with E-state index in [0.717, 1.165) is 0 Å². The van der Waals surface area contributed by atoms with Crippen molar-refractivity contribution < 1.29 is 18.3 Å². The summed E-state index contributed by atoms with van der Waals surface area (Å²) in [5.74, 6) is 0.459. The second-order valence-electron chi connectivity index (χ2n) is 4.59. The van der Waals surface area contributed by atoms with E-state index in [-0.39, 0.29) is 11.4 Å². The molecular weight excluding hydrogens is 292 g/mol. The number of rotatable bonds is 6. The van der Waals surface area contributed by atoms with Gasteiger partial charge in [0.15, 0.2) is 0 Å². The maximum absolute atomic E-state index is 12.2. The van der Waals surface area contributed by atoms with Gasteiger partial charge in [0.05, 0.1) is 12.0 Å². The molecule has 0 bridgehead atoms. The maximum atomic E-state index is 12.2. The summed E-state index contributed by atoms with van der Waals surface area (Å²) in [5, 5.41) is 10.0. The minimum atomic E-state index is -3.69. The van der Waals surface area contributed by atoms with Gasteiger partial charge in [-0.1, -0.05) is 6.07 Å². The summed E-state index contributed by atoms with van der Waals surface area (Å²) in [6.45, 7) is -0.0998. The summed E-state index contributed by atoms with van der Waals surface area (Å²) in [5.41, 5.74) is 0.642. The Hall–Kier alpha value is -1.83. The van der Waals surface area contributed by atoms with Crippen molar-refractivity contribution in [3.63, 3.8) is 0 Å². The molecule has 21 heavy (non-hydrogen) atoms. The third-order valence-corrected chi connectivity index (χ3v) is 4.56. The van der Waals surface area contributed by atoms with Gasteiger partial charge >= 0.3 is 0 Å². The van der Waals surface area contributed by atoms with Crippen molar-refractivity contribution in [1.29, 1.82) is 0 Å². The van der Waals surface area contributed by atoms with Crippen molar-refractivity contribution in [3.05, 3.63) is 48.3 Å². The van der Waals surface area contributed by atoms with Gasteiger partial charge in [-0.2, -0.15) is 0 Å². The number of aliphatic hydroxyl groups is 1. The third kappa shape index (κ3) is 3.63. The van der Waals surface area contributed by atoms with Crippen LogP contribution >= 0.6 is 0 Å². The van der Waals surface area contributed by atoms with Gasteiger partial charge in [-0.05, 0) is 24.3 Å². The van der Waals surface area contributed by atoms with Crippen LogP contribution in [0.2, 0.25) is 0 Å². The number of aliphatic hydroxyl groups excluding tert-OH is 1. The molecule has 1 heterocycles. The van der Waals surface area contributed by atoms with E-state index in [4.69, 9.17) is 4.74 Å². The van der Waals surface area contributed by atoms with Crippen molar-refractivity contribution in [2.24, 2.45) is 7.05 Å². The summed E-state index contributed by atoms with van der Waals surface area (Å²) in [6.07, 6.45) is 0.875. The smallest absolute Gasteiger partial charge is 0.240 e. The van der Waals surface area contributed by atoms with Crippen LogP contribution in [-0.2, 0) is 17.1 Å². The van der Waals surface area contributed by atoms with E-state index in [0.29, 0.717) is 11.4 Å². The van der Waals surface area contributed by atoms with Crippen LogP contribution in [0.3, 0.4) is 0 Å². The second kappa shape index (κ2) is 6.30. The van der Waals surface area contributed by atoms with Crippen LogP contribution < -0.4 is 9.46 Å². The highest BCUT2D eigenvalue weighted by Gasteiger charge is 2.18. The molecule has 2 N–H and O–H groups in total. The maximum Gasteiger partial charge on any atom is 0.240 e. The van der Waals surface area contributed by atoms with Crippen molar-refractivity contribution in [3.8, 4) is 5.75 Å². The first kappa shape index (κ1) is 15.6. The monoisotopic (exact) mass is 310 g/mol. The largest absolute Gasteiger partial charge is 0.497 e. The number of aromatic nitrogens is 1. The van der Waals surface area contributed by atoms with Crippen LogP contribution in [0.15, 0.2) is 47.5 Å². The minimum absolute atomic E-state index is 0.0981. The van der Waals surface area contributed by atoms with E-state index in [9.17, 15) is 13.5 Å². The van der Waals surface area contributed by atoms with Gasteiger partial charge in [0.2, 0.25) is 10.0 Å². The van der Waals surface area contributed by atoms with Gasteiger partial charge in [0.1, 0.15) is 11.9 Å². The van der Waals surface area contributed by atoms with E-state index < -0.39 is 16.1 Å². The lowest BCUT2D eigenvalue weighted by atomic mass is 10.2. The van der Waals surface area contributed by atoms with E-state index in [1.165, 1.54) is 19.2 Å². The number of ether oxygens (including phenoxy) is 1. The molecule has 0 fully saturated rings. The molecule has 6 nitrogen and oxygen atoms in total. The molecule has 0 amide bonds. The van der Waals surface area contributed by atoms with Crippen LogP contribution in [0.5, 0.6) is 5.75 Å². The summed E-state index contributed by atoms with van der Waals surface area (Å²) in [6, 6.07) is 9.69. The standard InChI is InChI=1S/C14H18N2O4S/c1-16-8-4-7-13(16)14(17)10-15-21(18,19)12-6-3-5-11(9-12)20-2/h3-9,14-15,17H,10H2,1-2H3. The average molecular weight is 310 g/mol. The van der Waals surface area contributed by atoms with Gasteiger partial charge in [-0.25, -0.2) is 13.1 Å².